The summed E-state index contributed by atoms with van der Waals surface area (Å²) in [5.74, 6) is 4.86. The van der Waals surface area contributed by atoms with Crippen molar-refractivity contribution in [2.45, 2.75) is 49.0 Å². The van der Waals surface area contributed by atoms with Crippen LogP contribution >= 0.6 is 34.9 Å². The predicted octanol–water partition coefficient (Wildman–Crippen LogP) is 6.39. The Morgan fingerprint density at radius 2 is 1.62 bits per heavy atom. The molecule has 3 aliphatic rings. The first-order chi connectivity index (χ1) is 19.6. The molecule has 4 aromatic rings. The number of ether oxygens (including phenoxy) is 2. The number of rotatable bonds is 7. The monoisotopic (exact) mass is 590 g/mol. The Bertz CT molecular complexity index is 1560. The van der Waals surface area contributed by atoms with Crippen molar-refractivity contribution < 1.29 is 9.47 Å². The topological polar surface area (TPSA) is 76.8 Å². The van der Waals surface area contributed by atoms with E-state index >= 15 is 0 Å². The van der Waals surface area contributed by atoms with Gasteiger partial charge in [0.2, 0.25) is 5.95 Å². The van der Waals surface area contributed by atoms with Crippen molar-refractivity contribution in [3.63, 3.8) is 0 Å². The van der Waals surface area contributed by atoms with Gasteiger partial charge in [0.05, 0.1) is 14.2 Å². The first-order valence-corrected chi connectivity index (χ1v) is 16.2. The quantitative estimate of drug-likeness (QED) is 0.248. The van der Waals surface area contributed by atoms with Crippen molar-refractivity contribution in [1.29, 1.82) is 0 Å². The van der Waals surface area contributed by atoms with Gasteiger partial charge in [0.25, 0.3) is 0 Å². The minimum Gasteiger partial charge on any atom is -0.497 e. The van der Waals surface area contributed by atoms with E-state index in [-0.39, 0.29) is 6.17 Å². The SMILES string of the molecule is COc1ccc(CSC2=NNC3c4c(sc5c4CC[C@@H](C)C5)-n4c(SCc5ccc(OC)cc5)nnc4N23)cc1. The zero-order chi connectivity index (χ0) is 27.2. The lowest BCUT2D eigenvalue weighted by molar-refractivity contribution is 0.414. The van der Waals surface area contributed by atoms with E-state index in [0.29, 0.717) is 5.92 Å². The van der Waals surface area contributed by atoms with Crippen LogP contribution < -0.4 is 19.8 Å². The zero-order valence-electron chi connectivity index (χ0n) is 22.6. The van der Waals surface area contributed by atoms with Crippen LogP contribution in [-0.2, 0) is 24.3 Å². The molecule has 7 rings (SSSR count). The minimum absolute atomic E-state index is 0.0575. The molecule has 0 fully saturated rings. The Hall–Kier alpha value is -3.15. The molecule has 2 aromatic heterocycles. The van der Waals surface area contributed by atoms with Gasteiger partial charge in [0.15, 0.2) is 16.5 Å². The average molecular weight is 591 g/mol. The predicted molar refractivity (Wildman–Crippen MR) is 163 cm³/mol. The molecule has 206 valence electrons. The van der Waals surface area contributed by atoms with Gasteiger partial charge >= 0.3 is 0 Å². The molecular formula is C29H30N6O2S3. The molecule has 2 atom stereocenters. The number of thiophene rings is 1. The Labute approximate surface area is 246 Å². The summed E-state index contributed by atoms with van der Waals surface area (Å²) in [4.78, 5) is 3.74. The van der Waals surface area contributed by atoms with E-state index in [1.165, 1.54) is 38.6 Å². The van der Waals surface area contributed by atoms with Crippen LogP contribution in [0.2, 0.25) is 0 Å². The fourth-order valence-electron chi connectivity index (χ4n) is 5.47. The van der Waals surface area contributed by atoms with Crippen molar-refractivity contribution in [3.05, 3.63) is 75.7 Å². The van der Waals surface area contributed by atoms with Crippen LogP contribution in [0.1, 0.15) is 46.6 Å². The number of nitrogens with zero attached hydrogens (tertiary/aromatic N) is 5. The van der Waals surface area contributed by atoms with Crippen LogP contribution in [0, 0.1) is 5.92 Å². The molecule has 0 amide bonds. The third kappa shape index (κ3) is 4.53. The third-order valence-corrected chi connectivity index (χ3v) is 10.9. The smallest absolute Gasteiger partial charge is 0.241 e. The van der Waals surface area contributed by atoms with Crippen LogP contribution in [-0.4, -0.2) is 34.2 Å². The number of aromatic nitrogens is 3. The lowest BCUT2D eigenvalue weighted by Crippen LogP contribution is -2.38. The second kappa shape index (κ2) is 10.7. The Morgan fingerprint density at radius 3 is 2.30 bits per heavy atom. The highest BCUT2D eigenvalue weighted by atomic mass is 32.2. The second-order valence-corrected chi connectivity index (χ2v) is 13.2. The van der Waals surface area contributed by atoms with Crippen LogP contribution in [0.4, 0.5) is 5.95 Å². The molecule has 0 bridgehead atoms. The molecule has 1 aliphatic carbocycles. The number of nitrogens with one attached hydrogen (secondary N) is 1. The average Bonchev–Trinajstić information content (AvgIpc) is 3.70. The van der Waals surface area contributed by atoms with Gasteiger partial charge in [-0.05, 0) is 66.1 Å². The van der Waals surface area contributed by atoms with E-state index in [9.17, 15) is 0 Å². The molecule has 8 nitrogen and oxygen atoms in total. The highest BCUT2D eigenvalue weighted by Crippen LogP contribution is 2.50. The number of hydrogen-bond donors (Lipinski definition) is 1. The van der Waals surface area contributed by atoms with Crippen molar-refractivity contribution >= 4 is 46.0 Å². The molecule has 0 saturated heterocycles. The van der Waals surface area contributed by atoms with Gasteiger partial charge in [-0.2, -0.15) is 5.10 Å². The van der Waals surface area contributed by atoms with Gasteiger partial charge in [-0.1, -0.05) is 54.7 Å². The highest BCUT2D eigenvalue weighted by molar-refractivity contribution is 8.13. The number of benzene rings is 2. The first-order valence-electron chi connectivity index (χ1n) is 13.4. The molecule has 0 saturated carbocycles. The number of anilines is 1. The van der Waals surface area contributed by atoms with Crippen molar-refractivity contribution in [3.8, 4) is 16.5 Å². The Balaban J connectivity index is 1.21. The zero-order valence-corrected chi connectivity index (χ0v) is 25.0. The summed E-state index contributed by atoms with van der Waals surface area (Å²) < 4.78 is 12.9. The van der Waals surface area contributed by atoms with E-state index in [0.717, 1.165) is 52.1 Å². The Kier molecular flexibility index (Phi) is 6.89. The maximum Gasteiger partial charge on any atom is 0.241 e. The molecule has 1 unspecified atom stereocenters. The summed E-state index contributed by atoms with van der Waals surface area (Å²) in [6, 6.07) is 16.4. The molecule has 0 spiro atoms. The molecule has 1 N–H and O–H groups in total. The number of hydrazone groups is 1. The van der Waals surface area contributed by atoms with Crippen molar-refractivity contribution in [2.75, 3.05) is 19.1 Å². The molecule has 2 aromatic carbocycles. The summed E-state index contributed by atoms with van der Waals surface area (Å²) in [5, 5.41) is 17.3. The van der Waals surface area contributed by atoms with E-state index < -0.39 is 0 Å². The standard InChI is InChI=1S/C29H30N6O2S3/c1-17-4-13-22-23(14-17)40-26-24(22)25-30-32-28(38-15-18-5-9-20(36-2)10-6-18)34(25)27-31-33-29(35(26)27)39-16-19-7-11-21(37-3)12-8-19/h5-12,17,25,30H,4,13-16H2,1-3H3/t17-,25?/m1/s1. The number of fused-ring (bicyclic) bond motifs is 8. The van der Waals surface area contributed by atoms with Crippen LogP contribution in [0.5, 0.6) is 11.5 Å². The van der Waals surface area contributed by atoms with E-state index in [1.54, 1.807) is 37.7 Å². The fraction of sp³-hybridized carbons (Fsp3) is 0.345. The maximum absolute atomic E-state index is 5.33. The molecule has 11 heteroatoms. The first kappa shape index (κ1) is 25.8. The lowest BCUT2D eigenvalue weighted by Gasteiger charge is -2.32. The fourth-order valence-corrected chi connectivity index (χ4v) is 8.89. The minimum atomic E-state index is -0.0575. The van der Waals surface area contributed by atoms with E-state index in [2.05, 4.69) is 46.1 Å². The normalized spacial score (nSPS) is 18.8. The Morgan fingerprint density at radius 1 is 0.950 bits per heavy atom. The van der Waals surface area contributed by atoms with Gasteiger partial charge in [-0.3, -0.25) is 10.3 Å². The number of amidine groups is 1. The van der Waals surface area contributed by atoms with Gasteiger partial charge in [0, 0.05) is 21.9 Å². The highest BCUT2D eigenvalue weighted by Gasteiger charge is 2.44. The van der Waals surface area contributed by atoms with Crippen molar-refractivity contribution in [1.82, 2.24) is 20.2 Å². The van der Waals surface area contributed by atoms with E-state index in [4.69, 9.17) is 24.8 Å². The van der Waals surface area contributed by atoms with E-state index in [1.807, 2.05) is 35.6 Å². The largest absolute Gasteiger partial charge is 0.497 e. The number of hydrogen-bond acceptors (Lipinski definition) is 10. The molecule has 4 heterocycles. The summed E-state index contributed by atoms with van der Waals surface area (Å²) in [6.45, 7) is 2.36. The summed E-state index contributed by atoms with van der Waals surface area (Å²) in [7, 11) is 3.38. The third-order valence-electron chi connectivity index (χ3n) is 7.64. The molecule has 40 heavy (non-hydrogen) atoms. The van der Waals surface area contributed by atoms with Crippen molar-refractivity contribution in [2.24, 2.45) is 11.0 Å². The summed E-state index contributed by atoms with van der Waals surface area (Å²) in [5.41, 5.74) is 8.73. The number of thioether (sulfide) groups is 2. The molecular weight excluding hydrogens is 561 g/mol. The van der Waals surface area contributed by atoms with Gasteiger partial charge < -0.3 is 9.47 Å². The second-order valence-electron chi connectivity index (χ2n) is 10.3. The maximum atomic E-state index is 5.33. The molecule has 2 aliphatic heterocycles. The van der Waals surface area contributed by atoms with Gasteiger partial charge in [-0.15, -0.1) is 21.5 Å². The summed E-state index contributed by atoms with van der Waals surface area (Å²) >= 11 is 5.34. The van der Waals surface area contributed by atoms with Crippen LogP contribution in [0.25, 0.3) is 5.00 Å². The van der Waals surface area contributed by atoms with Crippen LogP contribution in [0.15, 0.2) is 58.8 Å². The van der Waals surface area contributed by atoms with Crippen LogP contribution in [0.3, 0.4) is 0 Å². The number of methoxy groups -OCH3 is 2. The van der Waals surface area contributed by atoms with Gasteiger partial charge in [-0.25, -0.2) is 4.57 Å². The molecule has 0 radical (unpaired) electrons. The van der Waals surface area contributed by atoms with Gasteiger partial charge in [0.1, 0.15) is 16.5 Å². The lowest BCUT2D eigenvalue weighted by atomic mass is 9.87. The summed E-state index contributed by atoms with van der Waals surface area (Å²) in [6.07, 6.45) is 3.40.